The van der Waals surface area contributed by atoms with Gasteiger partial charge in [0.15, 0.2) is 0 Å². The first-order chi connectivity index (χ1) is 8.65. The molecule has 6 heteroatoms. The summed E-state index contributed by atoms with van der Waals surface area (Å²) in [5.41, 5.74) is 1.89. The Labute approximate surface area is 113 Å². The first-order valence-corrected chi connectivity index (χ1v) is 6.33. The highest BCUT2D eigenvalue weighted by Gasteiger charge is 2.04. The average Bonchev–Trinajstić information content (AvgIpc) is 2.84. The van der Waals surface area contributed by atoms with Crippen LogP contribution in [0.1, 0.15) is 12.0 Å². The van der Waals surface area contributed by atoms with Crippen LogP contribution >= 0.6 is 15.9 Å². The van der Waals surface area contributed by atoms with Gasteiger partial charge in [0.05, 0.1) is 6.54 Å². The van der Waals surface area contributed by atoms with E-state index in [4.69, 9.17) is 0 Å². The van der Waals surface area contributed by atoms with Crippen LogP contribution in [-0.2, 0) is 11.3 Å². The van der Waals surface area contributed by atoms with E-state index in [1.807, 2.05) is 25.1 Å². The topological polar surface area (TPSA) is 59.8 Å². The van der Waals surface area contributed by atoms with Gasteiger partial charge < -0.3 is 5.32 Å². The highest BCUT2D eigenvalue weighted by Crippen LogP contribution is 2.20. The van der Waals surface area contributed by atoms with Crippen LogP contribution in [0.2, 0.25) is 0 Å². The van der Waals surface area contributed by atoms with E-state index < -0.39 is 0 Å². The first-order valence-electron chi connectivity index (χ1n) is 5.53. The van der Waals surface area contributed by atoms with E-state index in [-0.39, 0.29) is 5.91 Å². The van der Waals surface area contributed by atoms with E-state index in [0.29, 0.717) is 13.0 Å². The summed E-state index contributed by atoms with van der Waals surface area (Å²) >= 11 is 3.42. The number of hydrogen-bond donors (Lipinski definition) is 1. The number of hydrogen-bond acceptors (Lipinski definition) is 3. The third-order valence-electron chi connectivity index (χ3n) is 2.48. The molecule has 18 heavy (non-hydrogen) atoms. The van der Waals surface area contributed by atoms with Crippen LogP contribution in [-0.4, -0.2) is 20.7 Å². The monoisotopic (exact) mass is 308 g/mol. The maximum Gasteiger partial charge on any atom is 0.226 e. The van der Waals surface area contributed by atoms with Gasteiger partial charge in [-0.15, -0.1) is 0 Å². The minimum absolute atomic E-state index is 0.0350. The van der Waals surface area contributed by atoms with Crippen molar-refractivity contribution >= 4 is 27.5 Å². The zero-order chi connectivity index (χ0) is 13.0. The van der Waals surface area contributed by atoms with Gasteiger partial charge in [-0.2, -0.15) is 5.10 Å². The van der Waals surface area contributed by atoms with Crippen LogP contribution in [0.25, 0.3) is 0 Å². The van der Waals surface area contributed by atoms with Crippen LogP contribution in [0.3, 0.4) is 0 Å². The van der Waals surface area contributed by atoms with E-state index in [2.05, 4.69) is 31.3 Å². The minimum Gasteiger partial charge on any atom is -0.326 e. The van der Waals surface area contributed by atoms with Crippen LogP contribution in [0.5, 0.6) is 0 Å². The van der Waals surface area contributed by atoms with Crippen molar-refractivity contribution in [1.82, 2.24) is 14.8 Å². The van der Waals surface area contributed by atoms with Gasteiger partial charge in [0.25, 0.3) is 0 Å². The Morgan fingerprint density at radius 3 is 3.00 bits per heavy atom. The fourth-order valence-corrected chi connectivity index (χ4v) is 1.76. The molecular weight excluding hydrogens is 296 g/mol. The molecule has 0 aliphatic carbocycles. The standard InChI is InChI=1S/C12H13BrN4O/c1-9-6-10(2-3-11(9)13)16-12(18)4-5-17-8-14-7-15-17/h2-3,6-8H,4-5H2,1H3,(H,16,18). The van der Waals surface area contributed by atoms with Crippen molar-refractivity contribution in [3.8, 4) is 0 Å². The molecule has 0 bridgehead atoms. The van der Waals surface area contributed by atoms with Gasteiger partial charge in [-0.05, 0) is 30.7 Å². The fourth-order valence-electron chi connectivity index (χ4n) is 1.51. The summed E-state index contributed by atoms with van der Waals surface area (Å²) in [5, 5.41) is 6.79. The zero-order valence-corrected chi connectivity index (χ0v) is 11.5. The van der Waals surface area contributed by atoms with E-state index in [1.165, 1.54) is 6.33 Å². The van der Waals surface area contributed by atoms with E-state index >= 15 is 0 Å². The van der Waals surface area contributed by atoms with Crippen LogP contribution in [0.15, 0.2) is 35.3 Å². The molecule has 0 aliphatic heterocycles. The van der Waals surface area contributed by atoms with Crippen molar-refractivity contribution in [1.29, 1.82) is 0 Å². The number of anilines is 1. The number of benzene rings is 1. The first kappa shape index (κ1) is 12.8. The quantitative estimate of drug-likeness (QED) is 0.943. The van der Waals surface area contributed by atoms with Crippen LogP contribution in [0, 0.1) is 6.92 Å². The molecule has 0 radical (unpaired) electrons. The number of carbonyl (C=O) groups is 1. The average molecular weight is 309 g/mol. The lowest BCUT2D eigenvalue weighted by molar-refractivity contribution is -0.116. The number of halogens is 1. The summed E-state index contributed by atoms with van der Waals surface area (Å²) in [4.78, 5) is 15.5. The summed E-state index contributed by atoms with van der Waals surface area (Å²) in [6.45, 7) is 2.51. The molecule has 0 saturated heterocycles. The molecule has 2 aromatic rings. The predicted molar refractivity (Wildman–Crippen MR) is 72.1 cm³/mol. The van der Waals surface area contributed by atoms with Crippen LogP contribution < -0.4 is 5.32 Å². The molecule has 0 spiro atoms. The van der Waals surface area contributed by atoms with Gasteiger partial charge in [0.2, 0.25) is 5.91 Å². The van der Waals surface area contributed by atoms with Crippen LogP contribution in [0.4, 0.5) is 5.69 Å². The van der Waals surface area contributed by atoms with Crippen molar-refractivity contribution in [3.63, 3.8) is 0 Å². The molecule has 5 nitrogen and oxygen atoms in total. The summed E-state index contributed by atoms with van der Waals surface area (Å²) in [6.07, 6.45) is 3.42. The van der Waals surface area contributed by atoms with Gasteiger partial charge in [-0.25, -0.2) is 4.98 Å². The summed E-state index contributed by atoms with van der Waals surface area (Å²) in [6, 6.07) is 5.71. The second kappa shape index (κ2) is 5.77. The number of aryl methyl sites for hydroxylation is 2. The highest BCUT2D eigenvalue weighted by molar-refractivity contribution is 9.10. The summed E-state index contributed by atoms with van der Waals surface area (Å²) in [5.74, 6) is -0.0350. The SMILES string of the molecule is Cc1cc(NC(=O)CCn2cncn2)ccc1Br. The Hall–Kier alpha value is -1.69. The molecule has 94 valence electrons. The second-order valence-corrected chi connectivity index (χ2v) is 4.78. The van der Waals surface area contributed by atoms with Gasteiger partial charge in [-0.3, -0.25) is 9.48 Å². The molecule has 0 unspecified atom stereocenters. The number of carbonyl (C=O) groups excluding carboxylic acids is 1. The maximum absolute atomic E-state index is 11.7. The number of amides is 1. The highest BCUT2D eigenvalue weighted by atomic mass is 79.9. The smallest absolute Gasteiger partial charge is 0.226 e. The lowest BCUT2D eigenvalue weighted by Gasteiger charge is -2.07. The number of nitrogens with zero attached hydrogens (tertiary/aromatic N) is 3. The van der Waals surface area contributed by atoms with Gasteiger partial charge in [0, 0.05) is 16.6 Å². The molecule has 0 atom stereocenters. The molecule has 1 aromatic heterocycles. The third kappa shape index (κ3) is 3.40. The largest absolute Gasteiger partial charge is 0.326 e. The van der Waals surface area contributed by atoms with E-state index in [1.54, 1.807) is 11.0 Å². The lowest BCUT2D eigenvalue weighted by Crippen LogP contribution is -2.14. The summed E-state index contributed by atoms with van der Waals surface area (Å²) in [7, 11) is 0. The third-order valence-corrected chi connectivity index (χ3v) is 3.37. The number of aromatic nitrogens is 3. The number of nitrogens with one attached hydrogen (secondary N) is 1. The van der Waals surface area contributed by atoms with Gasteiger partial charge in [0.1, 0.15) is 12.7 Å². The fraction of sp³-hybridized carbons (Fsp3) is 0.250. The molecule has 2 rings (SSSR count). The molecule has 0 aliphatic rings. The zero-order valence-electron chi connectivity index (χ0n) is 9.93. The maximum atomic E-state index is 11.7. The second-order valence-electron chi connectivity index (χ2n) is 3.92. The van der Waals surface area contributed by atoms with Gasteiger partial charge in [-0.1, -0.05) is 15.9 Å². The molecule has 1 N–H and O–H groups in total. The molecule has 0 saturated carbocycles. The van der Waals surface area contributed by atoms with Crippen molar-refractivity contribution in [2.24, 2.45) is 0 Å². The van der Waals surface area contributed by atoms with Gasteiger partial charge >= 0.3 is 0 Å². The van der Waals surface area contributed by atoms with Crippen molar-refractivity contribution in [2.45, 2.75) is 19.9 Å². The summed E-state index contributed by atoms with van der Waals surface area (Å²) < 4.78 is 2.66. The Kier molecular flexibility index (Phi) is 4.09. The normalized spacial score (nSPS) is 10.3. The minimum atomic E-state index is -0.0350. The Bertz CT molecular complexity index is 539. The Balaban J connectivity index is 1.88. The molecule has 1 amide bonds. The van der Waals surface area contributed by atoms with E-state index in [0.717, 1.165) is 15.7 Å². The number of rotatable bonds is 4. The Morgan fingerprint density at radius 1 is 1.50 bits per heavy atom. The van der Waals surface area contributed by atoms with Crippen molar-refractivity contribution < 1.29 is 4.79 Å². The molecule has 1 aromatic carbocycles. The molecule has 1 heterocycles. The van der Waals surface area contributed by atoms with E-state index in [9.17, 15) is 4.79 Å². The lowest BCUT2D eigenvalue weighted by atomic mass is 10.2. The molecule has 0 fully saturated rings. The predicted octanol–water partition coefficient (Wildman–Crippen LogP) is 2.38. The molecular formula is C12H13BrN4O. The van der Waals surface area contributed by atoms with Crippen molar-refractivity contribution in [2.75, 3.05) is 5.32 Å². The van der Waals surface area contributed by atoms with Crippen molar-refractivity contribution in [3.05, 3.63) is 40.9 Å². The Morgan fingerprint density at radius 2 is 2.33 bits per heavy atom.